The smallest absolute Gasteiger partial charge is 0.324 e. The zero-order valence-electron chi connectivity index (χ0n) is 12.8. The summed E-state index contributed by atoms with van der Waals surface area (Å²) in [6.07, 6.45) is 4.68. The zero-order chi connectivity index (χ0) is 17.2. The Morgan fingerprint density at radius 2 is 2.12 bits per heavy atom. The molecule has 1 amide bonds. The Bertz CT molecular complexity index is 751. The van der Waals surface area contributed by atoms with E-state index in [1.165, 1.54) is 16.9 Å². The highest BCUT2D eigenvalue weighted by Crippen LogP contribution is 2.33. The Kier molecular flexibility index (Phi) is 4.42. The van der Waals surface area contributed by atoms with Crippen molar-refractivity contribution in [1.82, 2.24) is 9.78 Å². The summed E-state index contributed by atoms with van der Waals surface area (Å²) in [5, 5.41) is 6.68. The van der Waals surface area contributed by atoms with Gasteiger partial charge in [-0.2, -0.15) is 18.3 Å². The molecule has 0 saturated carbocycles. The van der Waals surface area contributed by atoms with Gasteiger partial charge >= 0.3 is 6.18 Å². The number of hydrogen-bond acceptors (Lipinski definition) is 2. The first-order valence-electron chi connectivity index (χ1n) is 7.62. The van der Waals surface area contributed by atoms with Crippen molar-refractivity contribution in [1.29, 1.82) is 0 Å². The van der Waals surface area contributed by atoms with Gasteiger partial charge in [-0.15, -0.1) is 0 Å². The molecule has 1 aromatic carbocycles. The number of carbonyl (C=O) groups excluding carboxylic acids is 1. The van der Waals surface area contributed by atoms with Crippen LogP contribution in [0.4, 0.5) is 18.9 Å². The number of amides is 1. The molecule has 0 aliphatic heterocycles. The lowest BCUT2D eigenvalue weighted by molar-refractivity contribution is -0.137. The van der Waals surface area contributed by atoms with Gasteiger partial charge in [0.05, 0.1) is 16.9 Å². The van der Waals surface area contributed by atoms with Crippen molar-refractivity contribution in [2.45, 2.75) is 25.4 Å². The second kappa shape index (κ2) is 6.51. The topological polar surface area (TPSA) is 46.9 Å². The number of rotatable bonds is 3. The number of benzene rings is 1. The first kappa shape index (κ1) is 16.3. The quantitative estimate of drug-likeness (QED) is 0.855. The molecule has 1 unspecified atom stereocenters. The molecule has 1 atom stereocenters. The van der Waals surface area contributed by atoms with E-state index in [0.717, 1.165) is 18.6 Å². The number of halogens is 3. The molecule has 0 spiro atoms. The Morgan fingerprint density at radius 1 is 1.29 bits per heavy atom. The lowest BCUT2D eigenvalue weighted by Gasteiger charge is -2.19. The van der Waals surface area contributed by atoms with E-state index in [1.54, 1.807) is 12.3 Å². The largest absolute Gasteiger partial charge is 0.416 e. The maximum absolute atomic E-state index is 13.0. The standard InChI is InChI=1S/C17H16F3N3O/c18-17(19,20)13-7-8-15(23-10-4-9-21-23)14(11-13)22-16(24)12-5-2-1-3-6-12/h1-2,4,7-12H,3,5-6H2,(H,22,24). The predicted molar refractivity (Wildman–Crippen MR) is 83.7 cm³/mol. The van der Waals surface area contributed by atoms with Crippen LogP contribution in [0.5, 0.6) is 0 Å². The van der Waals surface area contributed by atoms with Crippen LogP contribution < -0.4 is 5.32 Å². The summed E-state index contributed by atoms with van der Waals surface area (Å²) in [6.45, 7) is 0. The number of aromatic nitrogens is 2. The summed E-state index contributed by atoms with van der Waals surface area (Å²) in [5.74, 6) is -0.498. The average molecular weight is 335 g/mol. The minimum absolute atomic E-state index is 0.105. The van der Waals surface area contributed by atoms with Gasteiger partial charge in [0.15, 0.2) is 0 Å². The lowest BCUT2D eigenvalue weighted by atomic mass is 9.93. The van der Waals surface area contributed by atoms with Gasteiger partial charge in [0, 0.05) is 18.3 Å². The summed E-state index contributed by atoms with van der Waals surface area (Å²) >= 11 is 0. The predicted octanol–water partition coefficient (Wildman–Crippen LogP) is 4.19. The van der Waals surface area contributed by atoms with Crippen LogP contribution in [0.15, 0.2) is 48.8 Å². The molecule has 24 heavy (non-hydrogen) atoms. The fourth-order valence-corrected chi connectivity index (χ4v) is 2.69. The van der Waals surface area contributed by atoms with Crippen molar-refractivity contribution in [3.8, 4) is 5.69 Å². The summed E-state index contributed by atoms with van der Waals surface area (Å²) in [5.41, 5.74) is -0.307. The summed E-state index contributed by atoms with van der Waals surface area (Å²) in [6, 6.07) is 4.91. The van der Waals surface area contributed by atoms with Crippen LogP contribution in [0.1, 0.15) is 24.8 Å². The Morgan fingerprint density at radius 3 is 2.75 bits per heavy atom. The van der Waals surface area contributed by atoms with E-state index in [-0.39, 0.29) is 17.5 Å². The van der Waals surface area contributed by atoms with Gasteiger partial charge in [0.2, 0.25) is 5.91 Å². The number of anilines is 1. The Hall–Kier alpha value is -2.57. The molecule has 1 N–H and O–H groups in total. The SMILES string of the molecule is O=C(Nc1cc(C(F)(F)F)ccc1-n1cccn1)C1CC=CCC1. The van der Waals surface area contributed by atoms with Crippen molar-refractivity contribution < 1.29 is 18.0 Å². The van der Waals surface area contributed by atoms with Gasteiger partial charge in [0.25, 0.3) is 0 Å². The molecule has 1 aliphatic rings. The third-order valence-corrected chi connectivity index (χ3v) is 3.97. The van der Waals surface area contributed by atoms with Crippen molar-refractivity contribution >= 4 is 11.6 Å². The lowest BCUT2D eigenvalue weighted by Crippen LogP contribution is -2.24. The number of nitrogens with zero attached hydrogens (tertiary/aromatic N) is 2. The van der Waals surface area contributed by atoms with Crippen molar-refractivity contribution in [2.24, 2.45) is 5.92 Å². The van der Waals surface area contributed by atoms with Crippen LogP contribution in [0, 0.1) is 5.92 Å². The van der Waals surface area contributed by atoms with Crippen molar-refractivity contribution in [3.63, 3.8) is 0 Å². The van der Waals surface area contributed by atoms with E-state index in [2.05, 4.69) is 10.4 Å². The molecule has 0 saturated heterocycles. The molecular weight excluding hydrogens is 319 g/mol. The highest BCUT2D eigenvalue weighted by molar-refractivity contribution is 5.94. The first-order chi connectivity index (χ1) is 11.4. The molecule has 1 heterocycles. The van der Waals surface area contributed by atoms with Crippen LogP contribution in [0.25, 0.3) is 5.69 Å². The summed E-state index contributed by atoms with van der Waals surface area (Å²) < 4.78 is 40.4. The molecule has 1 aromatic heterocycles. The molecule has 4 nitrogen and oxygen atoms in total. The first-order valence-corrected chi connectivity index (χ1v) is 7.62. The zero-order valence-corrected chi connectivity index (χ0v) is 12.8. The van der Waals surface area contributed by atoms with Gasteiger partial charge < -0.3 is 5.32 Å². The molecular formula is C17H16F3N3O. The van der Waals surface area contributed by atoms with Crippen molar-refractivity contribution in [3.05, 3.63) is 54.4 Å². The van der Waals surface area contributed by atoms with Gasteiger partial charge in [0.1, 0.15) is 0 Å². The molecule has 0 radical (unpaired) electrons. The fourth-order valence-electron chi connectivity index (χ4n) is 2.69. The van der Waals surface area contributed by atoms with E-state index in [1.807, 2.05) is 12.2 Å². The van der Waals surface area contributed by atoms with Gasteiger partial charge in [-0.25, -0.2) is 4.68 Å². The minimum Gasteiger partial charge on any atom is -0.324 e. The van der Waals surface area contributed by atoms with E-state index >= 15 is 0 Å². The van der Waals surface area contributed by atoms with Crippen LogP contribution in [0.3, 0.4) is 0 Å². The number of hydrogen-bond donors (Lipinski definition) is 1. The van der Waals surface area contributed by atoms with Gasteiger partial charge in [-0.05, 0) is 43.5 Å². The van der Waals surface area contributed by atoms with E-state index in [9.17, 15) is 18.0 Å². The number of allylic oxidation sites excluding steroid dienone is 2. The summed E-state index contributed by atoms with van der Waals surface area (Å²) in [7, 11) is 0. The van der Waals surface area contributed by atoms with Crippen LogP contribution in [0.2, 0.25) is 0 Å². The highest BCUT2D eigenvalue weighted by Gasteiger charge is 2.31. The maximum Gasteiger partial charge on any atom is 0.416 e. The molecule has 3 rings (SSSR count). The molecule has 7 heteroatoms. The third-order valence-electron chi connectivity index (χ3n) is 3.97. The number of carbonyl (C=O) groups is 1. The van der Waals surface area contributed by atoms with Crippen molar-refractivity contribution in [2.75, 3.05) is 5.32 Å². The van der Waals surface area contributed by atoms with Crippen LogP contribution in [-0.4, -0.2) is 15.7 Å². The average Bonchev–Trinajstić information content (AvgIpc) is 3.09. The molecule has 126 valence electrons. The number of nitrogens with one attached hydrogen (secondary N) is 1. The Balaban J connectivity index is 1.93. The van der Waals surface area contributed by atoms with E-state index in [4.69, 9.17) is 0 Å². The number of alkyl halides is 3. The molecule has 1 aliphatic carbocycles. The molecule has 0 fully saturated rings. The van der Waals surface area contributed by atoms with Gasteiger partial charge in [-0.1, -0.05) is 12.2 Å². The van der Waals surface area contributed by atoms with E-state index in [0.29, 0.717) is 18.5 Å². The molecule has 0 bridgehead atoms. The maximum atomic E-state index is 13.0. The third kappa shape index (κ3) is 3.50. The minimum atomic E-state index is -4.48. The highest BCUT2D eigenvalue weighted by atomic mass is 19.4. The second-order valence-corrected chi connectivity index (χ2v) is 5.65. The fraction of sp³-hybridized carbons (Fsp3) is 0.294. The monoisotopic (exact) mass is 335 g/mol. The van der Waals surface area contributed by atoms with Crippen LogP contribution >= 0.6 is 0 Å². The summed E-state index contributed by atoms with van der Waals surface area (Å²) in [4.78, 5) is 12.4. The second-order valence-electron chi connectivity index (χ2n) is 5.65. The Labute approximate surface area is 137 Å². The molecule has 2 aromatic rings. The van der Waals surface area contributed by atoms with Crippen LogP contribution in [-0.2, 0) is 11.0 Å². The van der Waals surface area contributed by atoms with Gasteiger partial charge in [-0.3, -0.25) is 4.79 Å². The van der Waals surface area contributed by atoms with E-state index < -0.39 is 11.7 Å². The normalized spacial score (nSPS) is 17.7.